The molecule has 0 saturated carbocycles. The van der Waals surface area contributed by atoms with Crippen LogP contribution in [0.1, 0.15) is 74.1 Å². The van der Waals surface area contributed by atoms with E-state index in [1.165, 1.54) is 11.1 Å². The van der Waals surface area contributed by atoms with Gasteiger partial charge < -0.3 is 14.2 Å². The fourth-order valence-corrected chi connectivity index (χ4v) is 5.73. The molecule has 1 atom stereocenters. The van der Waals surface area contributed by atoms with Gasteiger partial charge in [0, 0.05) is 23.7 Å². The first-order valence-corrected chi connectivity index (χ1v) is 18.7. The topological polar surface area (TPSA) is 61.8 Å². The van der Waals surface area contributed by atoms with Crippen LogP contribution in [0.3, 0.4) is 0 Å². The van der Waals surface area contributed by atoms with Crippen molar-refractivity contribution in [3.8, 4) is 0 Å². The second-order valence-corrected chi connectivity index (χ2v) is 13.1. The maximum atomic E-state index is 11.2. The van der Waals surface area contributed by atoms with Crippen LogP contribution in [0, 0.1) is 5.92 Å². The lowest BCUT2D eigenvalue weighted by Crippen LogP contribution is -2.07. The molecule has 6 heteroatoms. The largest absolute Gasteiger partial charge is 0.489 e. The maximum absolute atomic E-state index is 11.2. The molecular formula is C42H58O5S. The molecular weight excluding hydrogens is 617 g/mol. The summed E-state index contributed by atoms with van der Waals surface area (Å²) in [5.74, 6) is 2.10. The summed E-state index contributed by atoms with van der Waals surface area (Å²) in [6, 6.07) is 8.47. The molecule has 0 heterocycles. The highest BCUT2D eigenvalue weighted by atomic mass is 32.2. The Morgan fingerprint density at radius 1 is 1.06 bits per heavy atom. The zero-order valence-electron chi connectivity index (χ0n) is 30.3. The van der Waals surface area contributed by atoms with E-state index in [1.54, 1.807) is 43.3 Å². The Labute approximate surface area is 292 Å². The van der Waals surface area contributed by atoms with Crippen LogP contribution in [-0.4, -0.2) is 34.2 Å². The first-order valence-electron chi connectivity index (χ1n) is 17.0. The van der Waals surface area contributed by atoms with Gasteiger partial charge in [0.15, 0.2) is 16.6 Å². The van der Waals surface area contributed by atoms with Gasteiger partial charge in [-0.2, -0.15) is 0 Å². The third-order valence-corrected chi connectivity index (χ3v) is 9.34. The van der Waals surface area contributed by atoms with Crippen molar-refractivity contribution < 1.29 is 22.6 Å². The lowest BCUT2D eigenvalue weighted by molar-refractivity contribution is -0.0151. The van der Waals surface area contributed by atoms with Gasteiger partial charge in [-0.25, -0.2) is 8.42 Å². The van der Waals surface area contributed by atoms with Gasteiger partial charge in [0.2, 0.25) is 0 Å². The van der Waals surface area contributed by atoms with Gasteiger partial charge in [-0.1, -0.05) is 118 Å². The number of sulfone groups is 1. The standard InChI is InChI=1S/C32H42O3.C8H10O2S.C2H6/c1-7-11-13-17-25(5)20-21-28-22-31(35-24-33-10-4)29-18-14-12-15-19-30(29)32(26(28)6)34-23-27(9-3)16-8-2;1-2-11(9,10)8-6-4-3-5-7-8;1-2/h7-9,11-12,14-16,18,20,22,28H,2-3,10,13,17,19,21,23-24H2,1,4-6H3;3-7H,2H2,1H3;1-2H3/b11-7-,25-20+,27-16+;;. The minimum atomic E-state index is -3.00. The first kappa shape index (κ1) is 42.2. The molecule has 1 aromatic rings. The summed E-state index contributed by atoms with van der Waals surface area (Å²) in [6.07, 6.45) is 26.6. The molecule has 0 N–H and O–H groups in total. The minimum absolute atomic E-state index is 0.151. The van der Waals surface area contributed by atoms with Crippen LogP contribution in [0.25, 0.3) is 0 Å². The first-order chi connectivity index (χ1) is 23.2. The van der Waals surface area contributed by atoms with Crippen molar-refractivity contribution in [1.29, 1.82) is 0 Å². The highest BCUT2D eigenvalue weighted by Crippen LogP contribution is 2.38. The normalized spacial score (nSPS) is 16.5. The SMILES string of the molecule is C=C/C=C(\C=C)COC1=C(C)C(C/C=C(\C)CC/C=C\C)C=C(OCOCC)C2=C1CC=CC=C2.CC.CCS(=O)(=O)c1ccccc1. The Bertz CT molecular complexity index is 1500. The Hall–Kier alpha value is -3.87. The molecule has 0 fully saturated rings. The average Bonchev–Trinajstić information content (AvgIpc) is 3.41. The average molecular weight is 675 g/mol. The Balaban J connectivity index is 0.000000741. The Morgan fingerprint density at radius 2 is 1.79 bits per heavy atom. The van der Waals surface area contributed by atoms with E-state index in [1.807, 2.05) is 32.9 Å². The van der Waals surface area contributed by atoms with Crippen LogP contribution in [0.4, 0.5) is 0 Å². The summed E-state index contributed by atoms with van der Waals surface area (Å²) < 4.78 is 40.6. The smallest absolute Gasteiger partial charge is 0.189 e. The second-order valence-electron chi connectivity index (χ2n) is 10.9. The van der Waals surface area contributed by atoms with E-state index in [4.69, 9.17) is 14.2 Å². The van der Waals surface area contributed by atoms with E-state index >= 15 is 0 Å². The maximum Gasteiger partial charge on any atom is 0.189 e. The molecule has 0 bridgehead atoms. The van der Waals surface area contributed by atoms with Gasteiger partial charge in [0.05, 0.1) is 10.6 Å². The molecule has 0 aliphatic heterocycles. The molecule has 1 unspecified atom stereocenters. The van der Waals surface area contributed by atoms with E-state index in [9.17, 15) is 8.42 Å². The van der Waals surface area contributed by atoms with Crippen LogP contribution < -0.4 is 0 Å². The third-order valence-electron chi connectivity index (χ3n) is 7.59. The lowest BCUT2D eigenvalue weighted by atomic mass is 9.93. The second kappa shape index (κ2) is 24.3. The van der Waals surface area contributed by atoms with Gasteiger partial charge in [-0.15, -0.1) is 0 Å². The van der Waals surface area contributed by atoms with Crippen LogP contribution in [0.2, 0.25) is 0 Å². The zero-order chi connectivity index (χ0) is 35.8. The summed E-state index contributed by atoms with van der Waals surface area (Å²) in [6.45, 7) is 23.1. The quantitative estimate of drug-likeness (QED) is 0.0756. The number of allylic oxidation sites excluding steroid dienone is 13. The molecule has 0 radical (unpaired) electrons. The van der Waals surface area contributed by atoms with Crippen LogP contribution in [0.5, 0.6) is 0 Å². The van der Waals surface area contributed by atoms with E-state index in [2.05, 4.69) is 82.5 Å². The predicted octanol–water partition coefficient (Wildman–Crippen LogP) is 11.1. The Morgan fingerprint density at radius 3 is 2.42 bits per heavy atom. The molecule has 0 amide bonds. The molecule has 2 aliphatic carbocycles. The van der Waals surface area contributed by atoms with Crippen molar-refractivity contribution in [1.82, 2.24) is 0 Å². The van der Waals surface area contributed by atoms with Crippen LogP contribution >= 0.6 is 0 Å². The van der Waals surface area contributed by atoms with Crippen LogP contribution in [-0.2, 0) is 24.0 Å². The molecule has 0 aromatic heterocycles. The van der Waals surface area contributed by atoms with Crippen LogP contribution in [0.15, 0.2) is 155 Å². The van der Waals surface area contributed by atoms with Crippen molar-refractivity contribution in [2.75, 3.05) is 25.8 Å². The fraction of sp³-hybridized carbons (Fsp3) is 0.381. The molecule has 0 saturated heterocycles. The number of ether oxygens (including phenoxy) is 3. The Kier molecular flexibility index (Phi) is 21.3. The molecule has 48 heavy (non-hydrogen) atoms. The summed E-state index contributed by atoms with van der Waals surface area (Å²) in [5.41, 5.74) is 5.77. The van der Waals surface area contributed by atoms with Crippen molar-refractivity contribution in [3.63, 3.8) is 0 Å². The number of hydrogen-bond donors (Lipinski definition) is 0. The van der Waals surface area contributed by atoms with Gasteiger partial charge in [0.1, 0.15) is 18.1 Å². The molecule has 2 aliphatic rings. The molecule has 1 aromatic carbocycles. The third kappa shape index (κ3) is 14.5. The summed E-state index contributed by atoms with van der Waals surface area (Å²) in [5, 5.41) is 0. The number of benzene rings is 1. The fourth-order valence-electron chi connectivity index (χ4n) is 4.82. The molecule has 262 valence electrons. The lowest BCUT2D eigenvalue weighted by Gasteiger charge is -2.20. The van der Waals surface area contributed by atoms with Gasteiger partial charge in [-0.3, -0.25) is 0 Å². The summed E-state index contributed by atoms with van der Waals surface area (Å²) in [4.78, 5) is 0.405. The van der Waals surface area contributed by atoms with E-state index in [-0.39, 0.29) is 18.5 Å². The molecule has 5 nitrogen and oxygen atoms in total. The minimum Gasteiger partial charge on any atom is -0.489 e. The zero-order valence-corrected chi connectivity index (χ0v) is 31.2. The van der Waals surface area contributed by atoms with E-state index < -0.39 is 9.84 Å². The van der Waals surface area contributed by atoms with Crippen molar-refractivity contribution in [2.45, 2.75) is 79.0 Å². The predicted molar refractivity (Wildman–Crippen MR) is 204 cm³/mol. The molecule has 0 spiro atoms. The summed E-state index contributed by atoms with van der Waals surface area (Å²) >= 11 is 0. The monoisotopic (exact) mass is 674 g/mol. The van der Waals surface area contributed by atoms with E-state index in [0.717, 1.165) is 53.9 Å². The summed E-state index contributed by atoms with van der Waals surface area (Å²) in [7, 11) is -3.00. The number of rotatable bonds is 16. The van der Waals surface area contributed by atoms with Crippen molar-refractivity contribution in [3.05, 3.63) is 150 Å². The molecule has 3 rings (SSSR count). The highest BCUT2D eigenvalue weighted by Gasteiger charge is 2.26. The van der Waals surface area contributed by atoms with Crippen molar-refractivity contribution in [2.24, 2.45) is 5.92 Å². The van der Waals surface area contributed by atoms with Gasteiger partial charge >= 0.3 is 0 Å². The van der Waals surface area contributed by atoms with Gasteiger partial charge in [0.25, 0.3) is 0 Å². The van der Waals surface area contributed by atoms with Gasteiger partial charge in [-0.05, 0) is 82.7 Å². The number of hydrogen-bond acceptors (Lipinski definition) is 5. The highest BCUT2D eigenvalue weighted by molar-refractivity contribution is 7.91. The van der Waals surface area contributed by atoms with Crippen molar-refractivity contribution >= 4 is 9.84 Å². The van der Waals surface area contributed by atoms with E-state index in [0.29, 0.717) is 18.1 Å².